The Morgan fingerprint density at radius 3 is 1.43 bits per heavy atom. The van der Waals surface area contributed by atoms with E-state index < -0.39 is 0 Å². The van der Waals surface area contributed by atoms with E-state index in [0.717, 1.165) is 44.9 Å². The topological polar surface area (TPSA) is 130 Å². The van der Waals surface area contributed by atoms with Crippen molar-refractivity contribution >= 4 is 35.8 Å². The molecule has 3 heterocycles. The molecule has 4 bridgehead atoms. The summed E-state index contributed by atoms with van der Waals surface area (Å²) in [5.41, 5.74) is 0. The van der Waals surface area contributed by atoms with Gasteiger partial charge in [0.25, 0.3) is 0 Å². The van der Waals surface area contributed by atoms with Crippen molar-refractivity contribution in [2.45, 2.75) is 105 Å². The van der Waals surface area contributed by atoms with Crippen LogP contribution in [-0.2, 0) is 43.0 Å². The average molecular weight is 589 g/mol. The number of carbonyl (C=O) groups excluding carboxylic acids is 6. The molecule has 42 heavy (non-hydrogen) atoms. The number of cyclic esters (lactones) is 6. The van der Waals surface area contributed by atoms with Crippen molar-refractivity contribution in [2.75, 3.05) is 0 Å². The van der Waals surface area contributed by atoms with Gasteiger partial charge < -0.3 is 14.2 Å². The lowest BCUT2D eigenvalue weighted by atomic mass is 9.81. The first kappa shape index (κ1) is 33.7. The number of carbonyl (C=O) groups is 6. The zero-order chi connectivity index (χ0) is 31.0. The summed E-state index contributed by atoms with van der Waals surface area (Å²) in [7, 11) is 0. The zero-order valence-corrected chi connectivity index (χ0v) is 25.8. The van der Waals surface area contributed by atoms with Gasteiger partial charge in [-0.25, -0.2) is 0 Å². The highest BCUT2D eigenvalue weighted by atomic mass is 16.6. The minimum absolute atomic E-state index is 0.0590. The summed E-state index contributed by atoms with van der Waals surface area (Å²) in [4.78, 5) is 66.2. The van der Waals surface area contributed by atoms with Crippen molar-refractivity contribution in [1.82, 2.24) is 0 Å². The molecule has 9 nitrogen and oxygen atoms in total. The Kier molecular flexibility index (Phi) is 12.5. The van der Waals surface area contributed by atoms with E-state index in [9.17, 15) is 28.8 Å². The smallest absolute Gasteiger partial charge is 0.318 e. The second-order valence-corrected chi connectivity index (χ2v) is 12.1. The standard InChI is InChI=1S/C9H10O3.C9H8O3.C8H12O3.C5H12.C2H6/c2*10-8-6-4-1-2-5(3-4)7(6)9(11)12-8;1-2-3-4-6-5-7(9)11-8(6)10;1-3-5-4-2;1-2/h4-7H,1-3H2;1-2,4-7H,3H2;6H,2-5H2,1H3;3-5H2,1-2H3;1-2H3. The fourth-order valence-corrected chi connectivity index (χ4v) is 7.45. The van der Waals surface area contributed by atoms with Crippen molar-refractivity contribution in [2.24, 2.45) is 53.3 Å². The van der Waals surface area contributed by atoms with Gasteiger partial charge in [-0.15, -0.1) is 0 Å². The summed E-state index contributed by atoms with van der Waals surface area (Å²) < 4.78 is 13.6. The van der Waals surface area contributed by atoms with Gasteiger partial charge in [-0.3, -0.25) is 28.8 Å². The summed E-state index contributed by atoms with van der Waals surface area (Å²) in [5, 5.41) is 0. The summed E-state index contributed by atoms with van der Waals surface area (Å²) in [6.45, 7) is 10.5. The SMILES string of the molecule is CC.CCCCC.CCCCC1CC(=O)OC1=O.O=C1OC(=O)C2C3C=CC(C3)C12.O=C1OC(=O)C2C3CCC(C3)C12. The lowest BCUT2D eigenvalue weighted by Crippen LogP contribution is -2.24. The molecule has 9 atom stereocenters. The molecular weight excluding hydrogens is 540 g/mol. The van der Waals surface area contributed by atoms with Crippen LogP contribution in [0.4, 0.5) is 0 Å². The first-order valence-corrected chi connectivity index (χ1v) is 16.1. The minimum Gasteiger partial charge on any atom is -0.393 e. The van der Waals surface area contributed by atoms with Crippen LogP contribution in [0.1, 0.15) is 105 Å². The highest BCUT2D eigenvalue weighted by Crippen LogP contribution is 2.55. The van der Waals surface area contributed by atoms with Gasteiger partial charge in [-0.2, -0.15) is 0 Å². The highest BCUT2D eigenvalue weighted by molar-refractivity contribution is 5.98. The van der Waals surface area contributed by atoms with E-state index in [1.807, 2.05) is 26.0 Å². The van der Waals surface area contributed by atoms with Gasteiger partial charge >= 0.3 is 35.8 Å². The number of hydrogen-bond donors (Lipinski definition) is 0. The van der Waals surface area contributed by atoms with Crippen molar-refractivity contribution in [1.29, 1.82) is 0 Å². The van der Waals surface area contributed by atoms with Crippen LogP contribution in [0.3, 0.4) is 0 Å². The summed E-state index contributed by atoms with van der Waals surface area (Å²) in [5.74, 6) is -0.900. The fraction of sp³-hybridized carbons (Fsp3) is 0.758. The van der Waals surface area contributed by atoms with E-state index in [1.54, 1.807) is 0 Å². The number of ether oxygens (including phenoxy) is 3. The largest absolute Gasteiger partial charge is 0.393 e. The van der Waals surface area contributed by atoms with Crippen molar-refractivity contribution in [3.8, 4) is 0 Å². The highest BCUT2D eigenvalue weighted by Gasteiger charge is 2.60. The fourth-order valence-electron chi connectivity index (χ4n) is 7.45. The summed E-state index contributed by atoms with van der Waals surface area (Å²) >= 11 is 0. The van der Waals surface area contributed by atoms with Gasteiger partial charge in [0.1, 0.15) is 0 Å². The van der Waals surface area contributed by atoms with Crippen LogP contribution in [0, 0.1) is 53.3 Å². The molecule has 0 aromatic carbocycles. The summed E-state index contributed by atoms with van der Waals surface area (Å²) in [6, 6.07) is 0. The van der Waals surface area contributed by atoms with Crippen LogP contribution >= 0.6 is 0 Å². The molecule has 4 aliphatic carbocycles. The maximum absolute atomic E-state index is 11.2. The van der Waals surface area contributed by atoms with Crippen LogP contribution < -0.4 is 0 Å². The molecule has 0 aromatic rings. The molecule has 3 aliphatic heterocycles. The predicted molar refractivity (Wildman–Crippen MR) is 153 cm³/mol. The number of allylic oxidation sites excluding steroid dienone is 2. The monoisotopic (exact) mass is 588 g/mol. The molecule has 234 valence electrons. The Bertz CT molecular complexity index is 990. The zero-order valence-electron chi connectivity index (χ0n) is 25.8. The average Bonchev–Trinajstić information content (AvgIpc) is 3.82. The minimum atomic E-state index is -0.365. The molecule has 6 fully saturated rings. The molecule has 0 N–H and O–H groups in total. The third-order valence-corrected chi connectivity index (χ3v) is 9.44. The first-order chi connectivity index (χ1) is 20.2. The maximum atomic E-state index is 11.2. The molecule has 0 spiro atoms. The molecule has 7 aliphatic rings. The predicted octanol–water partition coefficient (Wildman–Crippen LogP) is 5.73. The molecule has 9 unspecified atom stereocenters. The molecule has 0 aromatic heterocycles. The Morgan fingerprint density at radius 2 is 1.05 bits per heavy atom. The number of unbranched alkanes of at least 4 members (excludes halogenated alkanes) is 3. The van der Waals surface area contributed by atoms with Crippen LogP contribution in [0.15, 0.2) is 12.2 Å². The Balaban J connectivity index is 0.000000156. The molecule has 0 amide bonds. The Hall–Kier alpha value is -2.84. The van der Waals surface area contributed by atoms with Crippen LogP contribution in [-0.4, -0.2) is 35.8 Å². The van der Waals surface area contributed by atoms with E-state index in [-0.39, 0.29) is 77.2 Å². The molecular formula is C33H48O9. The number of esters is 6. The quantitative estimate of drug-likeness (QED) is 0.171. The molecule has 9 heteroatoms. The van der Waals surface area contributed by atoms with Crippen molar-refractivity contribution in [3.63, 3.8) is 0 Å². The van der Waals surface area contributed by atoms with Crippen molar-refractivity contribution < 1.29 is 43.0 Å². The molecule has 0 radical (unpaired) electrons. The number of hydrogen-bond acceptors (Lipinski definition) is 9. The van der Waals surface area contributed by atoms with E-state index in [0.29, 0.717) is 18.3 Å². The van der Waals surface area contributed by atoms with E-state index >= 15 is 0 Å². The van der Waals surface area contributed by atoms with Crippen LogP contribution in [0.5, 0.6) is 0 Å². The van der Waals surface area contributed by atoms with Crippen LogP contribution in [0.2, 0.25) is 0 Å². The third kappa shape index (κ3) is 7.38. The Morgan fingerprint density at radius 1 is 0.595 bits per heavy atom. The van der Waals surface area contributed by atoms with Crippen molar-refractivity contribution in [3.05, 3.63) is 12.2 Å². The second-order valence-electron chi connectivity index (χ2n) is 12.1. The van der Waals surface area contributed by atoms with Gasteiger partial charge in [-0.05, 0) is 55.8 Å². The maximum Gasteiger partial charge on any atom is 0.318 e. The second kappa shape index (κ2) is 15.6. The summed E-state index contributed by atoms with van der Waals surface area (Å²) in [6.07, 6.45) is 15.6. The van der Waals surface area contributed by atoms with Gasteiger partial charge in [0, 0.05) is 0 Å². The van der Waals surface area contributed by atoms with E-state index in [1.165, 1.54) is 19.3 Å². The first-order valence-electron chi connectivity index (χ1n) is 16.1. The molecule has 3 saturated heterocycles. The van der Waals surface area contributed by atoms with Crippen LogP contribution in [0.25, 0.3) is 0 Å². The van der Waals surface area contributed by atoms with E-state index in [2.05, 4.69) is 35.0 Å². The lowest BCUT2D eigenvalue weighted by Gasteiger charge is -2.17. The van der Waals surface area contributed by atoms with Gasteiger partial charge in [0.2, 0.25) is 0 Å². The number of fused-ring (bicyclic) bond motifs is 10. The normalized spacial score (nSPS) is 35.4. The molecule has 7 rings (SSSR count). The third-order valence-electron chi connectivity index (χ3n) is 9.44. The molecule has 3 saturated carbocycles. The van der Waals surface area contributed by atoms with Gasteiger partial charge in [0.05, 0.1) is 36.0 Å². The van der Waals surface area contributed by atoms with Gasteiger partial charge in [0.15, 0.2) is 0 Å². The van der Waals surface area contributed by atoms with E-state index in [4.69, 9.17) is 0 Å². The lowest BCUT2D eigenvalue weighted by molar-refractivity contribution is -0.156. The van der Waals surface area contributed by atoms with Gasteiger partial charge in [-0.1, -0.05) is 78.9 Å². The Labute approximate surface area is 249 Å². The number of rotatable bonds is 5.